The molecule has 0 aromatic heterocycles. The Morgan fingerprint density at radius 3 is 3.00 bits per heavy atom. The Balaban J connectivity index is 0.000000980. The molecule has 0 aliphatic heterocycles. The number of benzene rings is 1. The molecule has 0 spiro atoms. The first kappa shape index (κ1) is 11.1. The van der Waals surface area contributed by atoms with Crippen LogP contribution in [0.15, 0.2) is 24.3 Å². The fourth-order valence-electron chi connectivity index (χ4n) is 1.95. The van der Waals surface area contributed by atoms with Gasteiger partial charge in [0.25, 0.3) is 0 Å². The number of rotatable bonds is 2. The van der Waals surface area contributed by atoms with Gasteiger partial charge in [-0.05, 0) is 24.0 Å². The maximum atomic E-state index is 5.21. The number of terminal acetylenes is 1. The average Bonchev–Trinajstić information content (AvgIpc) is 2.58. The molecule has 1 nitrogen and oxygen atoms in total. The van der Waals surface area contributed by atoms with Gasteiger partial charge in [0.05, 0.1) is 6.54 Å². The third-order valence-electron chi connectivity index (χ3n) is 2.58. The van der Waals surface area contributed by atoms with E-state index >= 15 is 0 Å². The molecule has 0 unspecified atom stereocenters. The fourth-order valence-corrected chi connectivity index (χ4v) is 1.95. The quantitative estimate of drug-likeness (QED) is 0.584. The van der Waals surface area contributed by atoms with Crippen molar-refractivity contribution in [2.24, 2.45) is 0 Å². The monoisotopic (exact) mass is 210 g/mol. The van der Waals surface area contributed by atoms with E-state index in [4.69, 9.17) is 6.42 Å². The Hall–Kier alpha value is -0.970. The molecule has 0 fully saturated rings. The average molecular weight is 211 g/mol. The van der Waals surface area contributed by atoms with E-state index in [0.717, 1.165) is 0 Å². The maximum Gasteiger partial charge on any atom is 0.0578 e. The number of hydrogen-bond acceptors (Lipinski definition) is 1. The van der Waals surface area contributed by atoms with Gasteiger partial charge >= 0.3 is 0 Å². The molecule has 1 aliphatic carbocycles. The van der Waals surface area contributed by atoms with Crippen molar-refractivity contribution in [1.82, 2.24) is 5.32 Å². The molecular weight excluding hydrogens is 197 g/mol. The van der Waals surface area contributed by atoms with Crippen LogP contribution < -0.4 is 5.32 Å². The lowest BCUT2D eigenvalue weighted by Crippen LogP contribution is -2.19. The second kappa shape index (κ2) is 5.05. The number of fused-ring (bicyclic) bond motifs is 1. The van der Waals surface area contributed by atoms with E-state index in [2.05, 4.69) is 35.5 Å². The van der Waals surface area contributed by atoms with Crippen molar-refractivity contribution in [3.05, 3.63) is 35.4 Å². The summed E-state index contributed by atoms with van der Waals surface area (Å²) in [7, 11) is 0. The van der Waals surface area contributed by atoms with E-state index in [1.165, 1.54) is 24.0 Å². The van der Waals surface area contributed by atoms with E-state index < -0.39 is 0 Å². The lowest BCUT2D eigenvalue weighted by atomic mass is 10.1. The van der Waals surface area contributed by atoms with Crippen LogP contribution in [0.2, 0.25) is 0 Å². The first-order valence-corrected chi connectivity index (χ1v) is 4.66. The number of nitrogens with one attached hydrogen (secondary N) is 1. The van der Waals surface area contributed by atoms with Crippen LogP contribution in [-0.4, -0.2) is 6.54 Å². The Bertz CT molecular complexity index is 340. The molecule has 74 valence electrons. The largest absolute Gasteiger partial charge is 0.299 e. The Kier molecular flexibility index (Phi) is 4.00. The number of aryl methyl sites for hydroxylation is 1. The standard InChI is InChI=1S/C12H13N.ClH/c1-2-9-13-12-8-7-10-5-3-4-6-11(10)12;/h1,3-6,12-13H,7-9H2;1H/t12-;/m1./s1/i1+1,2+1,9+1;. The molecule has 0 saturated heterocycles. The zero-order valence-corrected chi connectivity index (χ0v) is 8.81. The van der Waals surface area contributed by atoms with Crippen LogP contribution >= 0.6 is 12.4 Å². The fraction of sp³-hybridized carbons (Fsp3) is 0.333. The van der Waals surface area contributed by atoms with Gasteiger partial charge in [0.2, 0.25) is 0 Å². The van der Waals surface area contributed by atoms with Crippen LogP contribution in [0.3, 0.4) is 0 Å². The lowest BCUT2D eigenvalue weighted by Gasteiger charge is -2.10. The van der Waals surface area contributed by atoms with Crippen LogP contribution in [0.25, 0.3) is 0 Å². The molecular formula is C12H14ClN. The van der Waals surface area contributed by atoms with E-state index in [9.17, 15) is 0 Å². The minimum atomic E-state index is 0. The minimum absolute atomic E-state index is 0. The van der Waals surface area contributed by atoms with Gasteiger partial charge in [-0.3, -0.25) is 5.32 Å². The molecule has 0 radical (unpaired) electrons. The van der Waals surface area contributed by atoms with Crippen LogP contribution in [0.4, 0.5) is 0 Å². The van der Waals surface area contributed by atoms with Crippen molar-refractivity contribution in [3.8, 4) is 12.3 Å². The normalized spacial score (nSPS) is 18.1. The molecule has 2 heteroatoms. The van der Waals surface area contributed by atoms with E-state index in [0.29, 0.717) is 12.6 Å². The zero-order chi connectivity index (χ0) is 9.10. The zero-order valence-electron chi connectivity index (χ0n) is 7.99. The van der Waals surface area contributed by atoms with Gasteiger partial charge in [-0.15, -0.1) is 18.8 Å². The highest BCUT2D eigenvalue weighted by molar-refractivity contribution is 5.85. The smallest absolute Gasteiger partial charge is 0.0578 e. The summed E-state index contributed by atoms with van der Waals surface area (Å²) in [6.45, 7) is 0.666. The van der Waals surface area contributed by atoms with Crippen molar-refractivity contribution < 1.29 is 0 Å². The van der Waals surface area contributed by atoms with E-state index in [1.807, 2.05) is 0 Å². The Morgan fingerprint density at radius 1 is 1.43 bits per heavy atom. The highest BCUT2D eigenvalue weighted by atomic mass is 35.5. The van der Waals surface area contributed by atoms with Gasteiger partial charge in [-0.1, -0.05) is 30.2 Å². The van der Waals surface area contributed by atoms with Gasteiger partial charge in [-0.2, -0.15) is 0 Å². The Morgan fingerprint density at radius 2 is 2.21 bits per heavy atom. The highest BCUT2D eigenvalue weighted by Gasteiger charge is 2.20. The Labute approximate surface area is 91.3 Å². The highest BCUT2D eigenvalue weighted by Crippen LogP contribution is 2.30. The van der Waals surface area contributed by atoms with E-state index in [1.54, 1.807) is 0 Å². The van der Waals surface area contributed by atoms with Crippen molar-refractivity contribution in [2.45, 2.75) is 18.9 Å². The van der Waals surface area contributed by atoms with Crippen molar-refractivity contribution in [3.63, 3.8) is 0 Å². The molecule has 0 amide bonds. The van der Waals surface area contributed by atoms with Gasteiger partial charge in [-0.25, -0.2) is 0 Å². The van der Waals surface area contributed by atoms with Crippen LogP contribution in [0.5, 0.6) is 0 Å². The first-order valence-electron chi connectivity index (χ1n) is 4.66. The van der Waals surface area contributed by atoms with Gasteiger partial charge in [0.15, 0.2) is 0 Å². The third-order valence-corrected chi connectivity index (χ3v) is 2.58. The summed E-state index contributed by atoms with van der Waals surface area (Å²) >= 11 is 0. The summed E-state index contributed by atoms with van der Waals surface area (Å²) in [5.41, 5.74) is 2.90. The SMILES string of the molecule is Cl.[13CH]#[13C][13CH2]N[C@@H]1CCc2ccccc21. The molecule has 0 bridgehead atoms. The van der Waals surface area contributed by atoms with Gasteiger partial charge in [0.1, 0.15) is 0 Å². The summed E-state index contributed by atoms with van der Waals surface area (Å²) < 4.78 is 0. The van der Waals surface area contributed by atoms with Crippen molar-refractivity contribution in [2.75, 3.05) is 6.54 Å². The van der Waals surface area contributed by atoms with E-state index in [-0.39, 0.29) is 12.4 Å². The third kappa shape index (κ3) is 2.09. The lowest BCUT2D eigenvalue weighted by molar-refractivity contribution is 0.568. The summed E-state index contributed by atoms with van der Waals surface area (Å²) in [4.78, 5) is 0. The molecule has 1 N–H and O–H groups in total. The molecule has 0 saturated carbocycles. The number of hydrogen-bond donors (Lipinski definition) is 1. The predicted octanol–water partition coefficient (Wildman–Crippen LogP) is 2.32. The molecule has 1 aromatic rings. The topological polar surface area (TPSA) is 12.0 Å². The molecule has 1 atom stereocenters. The van der Waals surface area contributed by atoms with Crippen molar-refractivity contribution >= 4 is 12.4 Å². The summed E-state index contributed by atoms with van der Waals surface area (Å²) in [6, 6.07) is 9.06. The molecule has 1 aromatic carbocycles. The molecule has 2 rings (SSSR count). The van der Waals surface area contributed by atoms with Crippen LogP contribution in [0.1, 0.15) is 23.6 Å². The maximum absolute atomic E-state index is 5.21. The van der Waals surface area contributed by atoms with Crippen LogP contribution in [0, 0.1) is 12.3 Å². The molecule has 0 heterocycles. The van der Waals surface area contributed by atoms with Crippen molar-refractivity contribution in [1.29, 1.82) is 0 Å². The first-order chi connectivity index (χ1) is 6.42. The molecule has 1 aliphatic rings. The number of halogens is 1. The van der Waals surface area contributed by atoms with Gasteiger partial charge < -0.3 is 0 Å². The van der Waals surface area contributed by atoms with Gasteiger partial charge in [0, 0.05) is 6.04 Å². The summed E-state index contributed by atoms with van der Waals surface area (Å²) in [6.07, 6.45) is 7.57. The molecule has 14 heavy (non-hydrogen) atoms. The summed E-state index contributed by atoms with van der Waals surface area (Å²) in [5.74, 6) is 2.61. The summed E-state index contributed by atoms with van der Waals surface area (Å²) in [5, 5.41) is 3.35. The van der Waals surface area contributed by atoms with Crippen LogP contribution in [-0.2, 0) is 6.42 Å². The second-order valence-corrected chi connectivity index (χ2v) is 3.38. The predicted molar refractivity (Wildman–Crippen MR) is 61.6 cm³/mol. The minimum Gasteiger partial charge on any atom is -0.299 e. The second-order valence-electron chi connectivity index (χ2n) is 3.38.